The van der Waals surface area contributed by atoms with Crippen LogP contribution in [0.5, 0.6) is 0 Å². The minimum Gasteiger partial charge on any atom is -0.337 e. The molecule has 6 nitrogen and oxygen atoms in total. The third-order valence-electron chi connectivity index (χ3n) is 2.56. The van der Waals surface area contributed by atoms with Crippen LogP contribution in [0.3, 0.4) is 0 Å². The van der Waals surface area contributed by atoms with E-state index in [0.29, 0.717) is 18.2 Å². The molecule has 0 fully saturated rings. The van der Waals surface area contributed by atoms with Crippen LogP contribution in [0, 0.1) is 4.91 Å². The second kappa shape index (κ2) is 4.17. The number of aromatic nitrogens is 1. The summed E-state index contributed by atoms with van der Waals surface area (Å²) in [5.74, 6) is 0.0717. The lowest BCUT2D eigenvalue weighted by atomic mass is 10.2. The highest BCUT2D eigenvalue weighted by Gasteiger charge is 2.23. The molecule has 0 aliphatic carbocycles. The third-order valence-corrected chi connectivity index (χ3v) is 3.71. The van der Waals surface area contributed by atoms with Gasteiger partial charge in [-0.05, 0) is 0 Å². The zero-order chi connectivity index (χ0) is 11.7. The van der Waals surface area contributed by atoms with E-state index in [-0.39, 0.29) is 5.91 Å². The van der Waals surface area contributed by atoms with Crippen molar-refractivity contribution >= 4 is 22.4 Å². The first kappa shape index (κ1) is 11.0. The van der Waals surface area contributed by atoms with Crippen molar-refractivity contribution < 1.29 is 4.79 Å². The summed E-state index contributed by atoms with van der Waals surface area (Å²) in [4.78, 5) is 28.8. The van der Waals surface area contributed by atoms with Crippen molar-refractivity contribution in [1.29, 1.82) is 0 Å². The van der Waals surface area contributed by atoms with Crippen LogP contribution in [-0.4, -0.2) is 29.4 Å². The molecular weight excluding hydrogens is 228 g/mol. The van der Waals surface area contributed by atoms with Crippen LogP contribution < -0.4 is 5.01 Å². The summed E-state index contributed by atoms with van der Waals surface area (Å²) >= 11 is 1.42. The average molecular weight is 240 g/mol. The topological polar surface area (TPSA) is 65.9 Å². The molecule has 0 atom stereocenters. The van der Waals surface area contributed by atoms with Gasteiger partial charge in [-0.2, -0.15) is 0 Å². The highest BCUT2D eigenvalue weighted by molar-refractivity contribution is 7.15. The number of carbonyl (C=O) groups excluding carboxylic acids is 1. The van der Waals surface area contributed by atoms with Crippen molar-refractivity contribution in [3.8, 4) is 0 Å². The van der Waals surface area contributed by atoms with Gasteiger partial charge in [0.1, 0.15) is 0 Å². The SMILES string of the molecule is CC(=O)N1CCc2nc(N(C)N=O)sc2C1. The van der Waals surface area contributed by atoms with Gasteiger partial charge in [0, 0.05) is 31.8 Å². The van der Waals surface area contributed by atoms with Gasteiger partial charge in [-0.15, -0.1) is 4.91 Å². The maximum atomic E-state index is 11.2. The smallest absolute Gasteiger partial charge is 0.219 e. The van der Waals surface area contributed by atoms with Gasteiger partial charge in [0.25, 0.3) is 0 Å². The molecule has 16 heavy (non-hydrogen) atoms. The van der Waals surface area contributed by atoms with Crippen LogP contribution in [0.2, 0.25) is 0 Å². The number of carbonyl (C=O) groups is 1. The molecule has 86 valence electrons. The summed E-state index contributed by atoms with van der Waals surface area (Å²) in [6.45, 7) is 2.85. The van der Waals surface area contributed by atoms with Gasteiger partial charge in [0.15, 0.2) is 0 Å². The van der Waals surface area contributed by atoms with E-state index in [0.717, 1.165) is 17.0 Å². The molecule has 7 heteroatoms. The van der Waals surface area contributed by atoms with Crippen molar-refractivity contribution in [1.82, 2.24) is 9.88 Å². The Kier molecular flexibility index (Phi) is 2.86. The fourth-order valence-corrected chi connectivity index (χ4v) is 2.65. The minimum atomic E-state index is 0.0717. The molecule has 0 unspecified atom stereocenters. The van der Waals surface area contributed by atoms with Crippen LogP contribution in [0.25, 0.3) is 0 Å². The molecule has 0 radical (unpaired) electrons. The van der Waals surface area contributed by atoms with E-state index in [9.17, 15) is 9.70 Å². The van der Waals surface area contributed by atoms with Crippen LogP contribution in [0.4, 0.5) is 5.13 Å². The monoisotopic (exact) mass is 240 g/mol. The first-order valence-corrected chi connectivity index (χ1v) is 5.74. The van der Waals surface area contributed by atoms with Gasteiger partial charge in [0.05, 0.1) is 17.5 Å². The molecule has 1 aliphatic heterocycles. The van der Waals surface area contributed by atoms with Crippen LogP contribution in [-0.2, 0) is 17.8 Å². The molecule has 1 aliphatic rings. The molecular formula is C9H12N4O2S. The van der Waals surface area contributed by atoms with E-state index in [1.807, 2.05) is 0 Å². The number of hydrogen-bond donors (Lipinski definition) is 0. The summed E-state index contributed by atoms with van der Waals surface area (Å²) < 4.78 is 0. The minimum absolute atomic E-state index is 0.0717. The van der Waals surface area contributed by atoms with E-state index < -0.39 is 0 Å². The normalized spacial score (nSPS) is 14.5. The molecule has 0 saturated heterocycles. The molecule has 1 amide bonds. The largest absolute Gasteiger partial charge is 0.337 e. The molecule has 0 saturated carbocycles. The van der Waals surface area contributed by atoms with Crippen molar-refractivity contribution in [3.05, 3.63) is 15.5 Å². The Morgan fingerprint density at radius 2 is 2.38 bits per heavy atom. The second-order valence-corrected chi connectivity index (χ2v) is 4.72. The Labute approximate surface area is 96.8 Å². The highest BCUT2D eigenvalue weighted by atomic mass is 32.1. The van der Waals surface area contributed by atoms with Gasteiger partial charge in [0.2, 0.25) is 11.0 Å². The molecule has 2 heterocycles. The van der Waals surface area contributed by atoms with E-state index in [2.05, 4.69) is 10.3 Å². The summed E-state index contributed by atoms with van der Waals surface area (Å²) in [7, 11) is 1.57. The summed E-state index contributed by atoms with van der Waals surface area (Å²) in [6.07, 6.45) is 0.748. The number of nitroso groups, excluding NO2 is 1. The first-order valence-electron chi connectivity index (χ1n) is 4.93. The Morgan fingerprint density at radius 1 is 1.62 bits per heavy atom. The lowest BCUT2D eigenvalue weighted by molar-refractivity contribution is -0.129. The number of nitrogens with zero attached hydrogens (tertiary/aromatic N) is 4. The van der Waals surface area contributed by atoms with Gasteiger partial charge in [-0.25, -0.2) is 9.99 Å². The number of fused-ring (bicyclic) bond motifs is 1. The predicted molar refractivity (Wildman–Crippen MR) is 61.1 cm³/mol. The predicted octanol–water partition coefficient (Wildman–Crippen LogP) is 1.17. The summed E-state index contributed by atoms with van der Waals surface area (Å²) in [5.41, 5.74) is 0.980. The first-order chi connectivity index (χ1) is 7.61. The number of thiazole rings is 1. The number of anilines is 1. The van der Waals surface area contributed by atoms with Gasteiger partial charge >= 0.3 is 0 Å². The van der Waals surface area contributed by atoms with E-state index in [1.54, 1.807) is 18.9 Å². The summed E-state index contributed by atoms with van der Waals surface area (Å²) in [6, 6.07) is 0. The van der Waals surface area contributed by atoms with Crippen molar-refractivity contribution in [2.75, 3.05) is 18.6 Å². The standard InChI is InChI=1S/C9H12N4O2S/c1-6(14)13-4-3-7-8(5-13)16-9(10-7)12(2)11-15/h3-5H2,1-2H3. The van der Waals surface area contributed by atoms with Crippen LogP contribution >= 0.6 is 11.3 Å². The molecule has 0 bridgehead atoms. The zero-order valence-corrected chi connectivity index (χ0v) is 9.95. The average Bonchev–Trinajstić information content (AvgIpc) is 2.70. The third kappa shape index (κ3) is 1.90. The van der Waals surface area contributed by atoms with Crippen molar-refractivity contribution in [3.63, 3.8) is 0 Å². The maximum absolute atomic E-state index is 11.2. The van der Waals surface area contributed by atoms with Gasteiger partial charge in [-0.3, -0.25) is 4.79 Å². The maximum Gasteiger partial charge on any atom is 0.219 e. The van der Waals surface area contributed by atoms with Crippen molar-refractivity contribution in [2.45, 2.75) is 19.9 Å². The van der Waals surface area contributed by atoms with E-state index in [1.165, 1.54) is 16.3 Å². The highest BCUT2D eigenvalue weighted by Crippen LogP contribution is 2.30. The van der Waals surface area contributed by atoms with E-state index >= 15 is 0 Å². The lowest BCUT2D eigenvalue weighted by Gasteiger charge is -2.24. The van der Waals surface area contributed by atoms with Crippen LogP contribution in [0.15, 0.2) is 5.29 Å². The molecule has 2 rings (SSSR count). The fourth-order valence-electron chi connectivity index (χ4n) is 1.62. The number of hydrogen-bond acceptors (Lipinski definition) is 5. The molecule has 0 N–H and O–H groups in total. The van der Waals surface area contributed by atoms with Crippen LogP contribution in [0.1, 0.15) is 17.5 Å². The van der Waals surface area contributed by atoms with Gasteiger partial charge in [-0.1, -0.05) is 11.3 Å². The Hall–Kier alpha value is -1.50. The van der Waals surface area contributed by atoms with E-state index in [4.69, 9.17) is 0 Å². The lowest BCUT2D eigenvalue weighted by Crippen LogP contribution is -2.33. The number of rotatable bonds is 2. The Morgan fingerprint density at radius 3 is 3.00 bits per heavy atom. The second-order valence-electron chi connectivity index (χ2n) is 3.66. The molecule has 1 aromatic heterocycles. The summed E-state index contributed by atoms with van der Waals surface area (Å²) in [5, 5.41) is 4.60. The Balaban J connectivity index is 2.23. The zero-order valence-electron chi connectivity index (χ0n) is 9.13. The molecule has 0 aromatic carbocycles. The molecule has 1 aromatic rings. The number of amides is 1. The fraction of sp³-hybridized carbons (Fsp3) is 0.556. The van der Waals surface area contributed by atoms with Crippen molar-refractivity contribution in [2.24, 2.45) is 5.29 Å². The Bertz CT molecular complexity index is 431. The quantitative estimate of drug-likeness (QED) is 0.575. The van der Waals surface area contributed by atoms with Gasteiger partial charge < -0.3 is 4.90 Å². The molecule has 0 spiro atoms.